The minimum Gasteiger partial charge on any atom is -0.324 e. The molecule has 1 atom stereocenters. The Morgan fingerprint density at radius 3 is 2.41 bits per heavy atom. The zero-order chi connectivity index (χ0) is 12.9. The molecule has 0 heterocycles. The van der Waals surface area contributed by atoms with Crippen molar-refractivity contribution in [1.29, 1.82) is 5.26 Å². The molecule has 1 aromatic carbocycles. The third-order valence-corrected chi connectivity index (χ3v) is 4.37. The molecule has 0 bridgehead atoms. The van der Waals surface area contributed by atoms with E-state index >= 15 is 0 Å². The third-order valence-electron chi connectivity index (χ3n) is 2.61. The van der Waals surface area contributed by atoms with Crippen LogP contribution in [0.3, 0.4) is 0 Å². The van der Waals surface area contributed by atoms with Crippen LogP contribution in [0, 0.1) is 11.3 Å². The van der Waals surface area contributed by atoms with E-state index in [4.69, 9.17) is 11.0 Å². The molecule has 92 valence electrons. The van der Waals surface area contributed by atoms with Crippen LogP contribution in [0.4, 0.5) is 0 Å². The van der Waals surface area contributed by atoms with Crippen LogP contribution in [-0.4, -0.2) is 14.2 Å². The first-order chi connectivity index (χ1) is 8.01. The average molecular weight is 252 g/mol. The van der Waals surface area contributed by atoms with E-state index in [0.29, 0.717) is 17.7 Å². The normalized spacial score (nSPS) is 13.0. The van der Waals surface area contributed by atoms with Gasteiger partial charge in [-0.2, -0.15) is 5.26 Å². The first kappa shape index (κ1) is 13.7. The van der Waals surface area contributed by atoms with Crippen molar-refractivity contribution in [3.8, 4) is 6.07 Å². The van der Waals surface area contributed by atoms with Crippen LogP contribution in [0.15, 0.2) is 29.2 Å². The molecule has 4 nitrogen and oxygen atoms in total. The Kier molecular flexibility index (Phi) is 4.67. The first-order valence-corrected chi connectivity index (χ1v) is 7.11. The maximum Gasteiger partial charge on any atom is 0.178 e. The molecule has 0 amide bonds. The van der Waals surface area contributed by atoms with E-state index in [-0.39, 0.29) is 11.8 Å². The second-order valence-corrected chi connectivity index (χ2v) is 6.05. The van der Waals surface area contributed by atoms with Gasteiger partial charge in [0, 0.05) is 12.5 Å². The number of nitrogens with two attached hydrogens (primary N) is 1. The largest absolute Gasteiger partial charge is 0.324 e. The summed E-state index contributed by atoms with van der Waals surface area (Å²) in [6, 6.07) is 8.39. The van der Waals surface area contributed by atoms with Crippen molar-refractivity contribution in [2.45, 2.75) is 30.7 Å². The monoisotopic (exact) mass is 252 g/mol. The number of hydrogen-bond acceptors (Lipinski definition) is 4. The van der Waals surface area contributed by atoms with Crippen LogP contribution in [0.1, 0.15) is 31.4 Å². The topological polar surface area (TPSA) is 83.9 Å². The number of nitrogens with zero attached hydrogens (tertiary/aromatic N) is 1. The third kappa shape index (κ3) is 3.55. The molecule has 1 aromatic rings. The predicted octanol–water partition coefficient (Wildman–Crippen LogP) is 1.78. The summed E-state index contributed by atoms with van der Waals surface area (Å²) in [5, 5.41) is 8.46. The molecule has 0 fully saturated rings. The van der Waals surface area contributed by atoms with Gasteiger partial charge in [0.05, 0.1) is 16.7 Å². The SMILES string of the molecule is CCS(=O)(=O)c1ccc(C(N)CCC#N)cc1. The molecule has 0 saturated carbocycles. The average Bonchev–Trinajstić information content (AvgIpc) is 2.36. The summed E-state index contributed by atoms with van der Waals surface area (Å²) in [5.41, 5.74) is 6.73. The molecule has 1 rings (SSSR count). The molecular formula is C12H16N2O2S. The van der Waals surface area contributed by atoms with Crippen molar-refractivity contribution in [3.63, 3.8) is 0 Å². The highest BCUT2D eigenvalue weighted by molar-refractivity contribution is 7.91. The van der Waals surface area contributed by atoms with Crippen LogP contribution < -0.4 is 5.73 Å². The van der Waals surface area contributed by atoms with Gasteiger partial charge in [-0.25, -0.2) is 8.42 Å². The van der Waals surface area contributed by atoms with Gasteiger partial charge in [0.2, 0.25) is 0 Å². The summed E-state index contributed by atoms with van der Waals surface area (Å²) < 4.78 is 23.2. The lowest BCUT2D eigenvalue weighted by Gasteiger charge is -2.10. The fourth-order valence-corrected chi connectivity index (χ4v) is 2.36. The Bertz CT molecular complexity index is 500. The van der Waals surface area contributed by atoms with Gasteiger partial charge >= 0.3 is 0 Å². The highest BCUT2D eigenvalue weighted by atomic mass is 32.2. The van der Waals surface area contributed by atoms with Crippen molar-refractivity contribution in [3.05, 3.63) is 29.8 Å². The van der Waals surface area contributed by atoms with Gasteiger partial charge in [-0.05, 0) is 24.1 Å². The van der Waals surface area contributed by atoms with E-state index in [0.717, 1.165) is 5.56 Å². The smallest absolute Gasteiger partial charge is 0.178 e. The molecule has 0 aliphatic heterocycles. The molecule has 0 saturated heterocycles. The van der Waals surface area contributed by atoms with Gasteiger partial charge in [-0.3, -0.25) is 0 Å². The van der Waals surface area contributed by atoms with E-state index in [1.54, 1.807) is 31.2 Å². The van der Waals surface area contributed by atoms with Gasteiger partial charge in [0.15, 0.2) is 9.84 Å². The maximum absolute atomic E-state index is 11.6. The quantitative estimate of drug-likeness (QED) is 0.865. The number of hydrogen-bond donors (Lipinski definition) is 1. The first-order valence-electron chi connectivity index (χ1n) is 5.46. The van der Waals surface area contributed by atoms with Crippen molar-refractivity contribution >= 4 is 9.84 Å². The summed E-state index contributed by atoms with van der Waals surface area (Å²) in [6.45, 7) is 1.61. The number of rotatable bonds is 5. The van der Waals surface area contributed by atoms with Gasteiger partial charge in [-0.1, -0.05) is 19.1 Å². The molecule has 0 aliphatic carbocycles. The number of benzene rings is 1. The van der Waals surface area contributed by atoms with Crippen LogP contribution in [0.2, 0.25) is 0 Å². The summed E-state index contributed by atoms with van der Waals surface area (Å²) in [5.74, 6) is 0.0901. The minimum absolute atomic E-state index is 0.0901. The lowest BCUT2D eigenvalue weighted by molar-refractivity contribution is 0.597. The van der Waals surface area contributed by atoms with Crippen LogP contribution >= 0.6 is 0 Å². The van der Waals surface area contributed by atoms with Gasteiger partial charge in [0.25, 0.3) is 0 Å². The summed E-state index contributed by atoms with van der Waals surface area (Å²) in [7, 11) is -3.15. The summed E-state index contributed by atoms with van der Waals surface area (Å²) in [4.78, 5) is 0.316. The summed E-state index contributed by atoms with van der Waals surface area (Å²) >= 11 is 0. The van der Waals surface area contributed by atoms with Crippen molar-refractivity contribution in [1.82, 2.24) is 0 Å². The molecule has 2 N–H and O–H groups in total. The number of sulfone groups is 1. The van der Waals surface area contributed by atoms with Crippen molar-refractivity contribution in [2.24, 2.45) is 5.73 Å². The van der Waals surface area contributed by atoms with Gasteiger partial charge in [-0.15, -0.1) is 0 Å². The fraction of sp³-hybridized carbons (Fsp3) is 0.417. The Morgan fingerprint density at radius 2 is 1.94 bits per heavy atom. The standard InChI is InChI=1S/C12H16N2O2S/c1-2-17(15,16)11-7-5-10(6-8-11)12(14)4-3-9-13/h5-8,12H,2-4,14H2,1H3. The molecule has 17 heavy (non-hydrogen) atoms. The van der Waals surface area contributed by atoms with Crippen LogP contribution in [0.25, 0.3) is 0 Å². The van der Waals surface area contributed by atoms with E-state index < -0.39 is 9.84 Å². The molecule has 0 aromatic heterocycles. The van der Waals surface area contributed by atoms with E-state index in [1.165, 1.54) is 0 Å². The summed E-state index contributed by atoms with van der Waals surface area (Å²) in [6.07, 6.45) is 0.979. The number of nitriles is 1. The lowest BCUT2D eigenvalue weighted by atomic mass is 10.0. The van der Waals surface area contributed by atoms with E-state index in [9.17, 15) is 8.42 Å². The van der Waals surface area contributed by atoms with E-state index in [2.05, 4.69) is 0 Å². The van der Waals surface area contributed by atoms with Gasteiger partial charge < -0.3 is 5.73 Å². The zero-order valence-corrected chi connectivity index (χ0v) is 10.6. The maximum atomic E-state index is 11.6. The molecule has 5 heteroatoms. The molecule has 1 unspecified atom stereocenters. The van der Waals surface area contributed by atoms with Crippen molar-refractivity contribution in [2.75, 3.05) is 5.75 Å². The second-order valence-electron chi connectivity index (χ2n) is 3.78. The zero-order valence-electron chi connectivity index (χ0n) is 9.76. The highest BCUT2D eigenvalue weighted by Gasteiger charge is 2.12. The molecular weight excluding hydrogens is 236 g/mol. The highest BCUT2D eigenvalue weighted by Crippen LogP contribution is 2.18. The molecule has 0 radical (unpaired) electrons. The van der Waals surface area contributed by atoms with Crippen molar-refractivity contribution < 1.29 is 8.42 Å². The lowest BCUT2D eigenvalue weighted by Crippen LogP contribution is -2.10. The van der Waals surface area contributed by atoms with Gasteiger partial charge in [0.1, 0.15) is 0 Å². The van der Waals surface area contributed by atoms with Crippen LogP contribution in [0.5, 0.6) is 0 Å². The fourth-order valence-electron chi connectivity index (χ4n) is 1.48. The van der Waals surface area contributed by atoms with Crippen LogP contribution in [-0.2, 0) is 9.84 Å². The minimum atomic E-state index is -3.15. The van der Waals surface area contributed by atoms with E-state index in [1.807, 2.05) is 6.07 Å². The second kappa shape index (κ2) is 5.80. The Hall–Kier alpha value is -1.38. The Balaban J connectivity index is 2.86. The Labute approximate surface area is 102 Å². The molecule has 0 spiro atoms. The molecule has 0 aliphatic rings. The predicted molar refractivity (Wildman–Crippen MR) is 65.9 cm³/mol. The Morgan fingerprint density at radius 1 is 1.35 bits per heavy atom.